The van der Waals surface area contributed by atoms with Gasteiger partial charge in [0.25, 0.3) is 5.60 Å². The molecule has 39 heavy (non-hydrogen) atoms. The van der Waals surface area contributed by atoms with Gasteiger partial charge < -0.3 is 35.6 Å². The average Bonchev–Trinajstić information content (AvgIpc) is 3.64. The van der Waals surface area contributed by atoms with Crippen LogP contribution in [0.4, 0.5) is 5.82 Å². The number of carboxylic acids is 2. The van der Waals surface area contributed by atoms with E-state index in [4.69, 9.17) is 26.8 Å². The quantitative estimate of drug-likeness (QED) is 0.119. The summed E-state index contributed by atoms with van der Waals surface area (Å²) >= 11 is 5.96. The highest BCUT2D eigenvalue weighted by atomic mass is 35.5. The van der Waals surface area contributed by atoms with Gasteiger partial charge in [0.2, 0.25) is 5.28 Å². The van der Waals surface area contributed by atoms with Crippen LogP contribution >= 0.6 is 11.6 Å². The Bertz CT molecular complexity index is 1390. The van der Waals surface area contributed by atoms with Crippen LogP contribution in [0.1, 0.15) is 24.6 Å². The van der Waals surface area contributed by atoms with Crippen molar-refractivity contribution >= 4 is 40.5 Å². The fraction of sp³-hybridized carbons (Fsp3) is 0.400. The Kier molecular flexibility index (Phi) is 8.63. The summed E-state index contributed by atoms with van der Waals surface area (Å²) in [6.45, 7) is -1.38. The van der Waals surface area contributed by atoms with Gasteiger partial charge >= 0.3 is 11.9 Å². The zero-order valence-corrected chi connectivity index (χ0v) is 21.2. The largest absolute Gasteiger partial charge is 0.479 e. The Morgan fingerprint density at radius 2 is 1.90 bits per heavy atom. The van der Waals surface area contributed by atoms with Gasteiger partial charge in [-0.05, 0) is 30.0 Å². The van der Waals surface area contributed by atoms with Crippen molar-refractivity contribution in [2.24, 2.45) is 5.92 Å². The normalized spacial score (nSPS) is 15.8. The summed E-state index contributed by atoms with van der Waals surface area (Å²) in [5.41, 5.74) is 3.90. The molecule has 13 nitrogen and oxygen atoms in total. The molecule has 1 aromatic carbocycles. The number of halogens is 1. The van der Waals surface area contributed by atoms with E-state index < -0.39 is 55.6 Å². The average molecular weight is 560 g/mol. The molecule has 0 aliphatic heterocycles. The summed E-state index contributed by atoms with van der Waals surface area (Å²) in [7, 11) is 0. The van der Waals surface area contributed by atoms with Crippen LogP contribution in [0, 0.1) is 17.8 Å². The van der Waals surface area contributed by atoms with E-state index in [2.05, 4.69) is 26.8 Å². The highest BCUT2D eigenvalue weighted by Crippen LogP contribution is 2.29. The number of aliphatic hydroxyl groups is 2. The maximum atomic E-state index is 12.1. The number of fused-ring (bicyclic) bond motifs is 1. The first kappa shape index (κ1) is 28.2. The fourth-order valence-corrected chi connectivity index (χ4v) is 3.93. The number of hydrogen-bond acceptors (Lipinski definition) is 10. The van der Waals surface area contributed by atoms with Gasteiger partial charge in [0, 0.05) is 12.3 Å². The SMILES string of the molecule is Nc1nc(Cl)nc2c1ncn2[C@H](O[C@@H](CO)COC(Cc1ccccc1)(C(=O)O)C(=O)O)[C@H](O)C#CC1CC1. The summed E-state index contributed by atoms with van der Waals surface area (Å²) < 4.78 is 12.7. The minimum Gasteiger partial charge on any atom is -0.479 e. The number of rotatable bonds is 12. The molecule has 3 atom stereocenters. The molecular formula is C25H26ClN5O8. The number of hydrogen-bond donors (Lipinski definition) is 5. The van der Waals surface area contributed by atoms with E-state index >= 15 is 0 Å². The number of benzene rings is 1. The van der Waals surface area contributed by atoms with Crippen molar-refractivity contribution in [3.63, 3.8) is 0 Å². The predicted molar refractivity (Wildman–Crippen MR) is 136 cm³/mol. The maximum absolute atomic E-state index is 12.1. The van der Waals surface area contributed by atoms with E-state index in [1.807, 2.05) is 0 Å². The number of aliphatic carboxylic acids is 2. The van der Waals surface area contributed by atoms with Crippen LogP contribution in [0.5, 0.6) is 0 Å². The van der Waals surface area contributed by atoms with Gasteiger partial charge in [-0.2, -0.15) is 9.97 Å². The van der Waals surface area contributed by atoms with Crippen LogP contribution in [0.3, 0.4) is 0 Å². The van der Waals surface area contributed by atoms with Crippen LogP contribution in [0.15, 0.2) is 36.7 Å². The third-order valence-electron chi connectivity index (χ3n) is 6.02. The van der Waals surface area contributed by atoms with Crippen molar-refractivity contribution in [1.82, 2.24) is 19.5 Å². The molecule has 0 unspecified atom stereocenters. The number of carbonyl (C=O) groups is 2. The number of anilines is 1. The highest BCUT2D eigenvalue weighted by molar-refractivity contribution is 6.28. The second-order valence-corrected chi connectivity index (χ2v) is 9.29. The molecule has 1 aliphatic carbocycles. The van der Waals surface area contributed by atoms with Gasteiger partial charge in [-0.15, -0.1) is 0 Å². The zero-order valence-electron chi connectivity index (χ0n) is 20.5. The molecule has 3 aromatic rings. The highest BCUT2D eigenvalue weighted by Gasteiger charge is 2.49. The number of nitrogens with two attached hydrogens (primary N) is 1. The first-order valence-corrected chi connectivity index (χ1v) is 12.3. The summed E-state index contributed by atoms with van der Waals surface area (Å²) in [4.78, 5) is 36.4. The molecule has 0 bridgehead atoms. The minimum atomic E-state index is -2.67. The number of imidazole rings is 1. The lowest BCUT2D eigenvalue weighted by molar-refractivity contribution is -0.195. The van der Waals surface area contributed by atoms with Gasteiger partial charge in [0.1, 0.15) is 11.6 Å². The molecule has 2 heterocycles. The molecule has 2 aromatic heterocycles. The maximum Gasteiger partial charge on any atom is 0.348 e. The molecule has 0 amide bonds. The second kappa shape index (κ2) is 11.9. The van der Waals surface area contributed by atoms with E-state index in [-0.39, 0.29) is 28.2 Å². The summed E-state index contributed by atoms with van der Waals surface area (Å²) in [5, 5.41) is 40.5. The summed E-state index contributed by atoms with van der Waals surface area (Å²) in [5.74, 6) is 2.31. The molecule has 0 spiro atoms. The van der Waals surface area contributed by atoms with Crippen molar-refractivity contribution in [3.8, 4) is 11.8 Å². The van der Waals surface area contributed by atoms with Crippen molar-refractivity contribution in [2.45, 2.75) is 43.3 Å². The molecule has 1 saturated carbocycles. The van der Waals surface area contributed by atoms with E-state index in [1.54, 1.807) is 30.3 Å². The number of ether oxygens (including phenoxy) is 2. The molecule has 6 N–H and O–H groups in total. The van der Waals surface area contributed by atoms with Crippen LogP contribution < -0.4 is 5.73 Å². The first-order chi connectivity index (χ1) is 18.6. The fourth-order valence-electron chi connectivity index (χ4n) is 3.76. The van der Waals surface area contributed by atoms with Crippen LogP contribution in [-0.4, -0.2) is 82.9 Å². The van der Waals surface area contributed by atoms with Gasteiger partial charge in [-0.25, -0.2) is 14.6 Å². The van der Waals surface area contributed by atoms with E-state index in [9.17, 15) is 30.0 Å². The summed E-state index contributed by atoms with van der Waals surface area (Å²) in [6.07, 6.45) is -1.52. The summed E-state index contributed by atoms with van der Waals surface area (Å²) in [6, 6.07) is 8.11. The van der Waals surface area contributed by atoms with E-state index in [0.717, 1.165) is 12.8 Å². The number of nitrogens with zero attached hydrogens (tertiary/aromatic N) is 4. The van der Waals surface area contributed by atoms with Crippen LogP contribution in [-0.2, 0) is 25.5 Å². The monoisotopic (exact) mass is 559 g/mol. The first-order valence-electron chi connectivity index (χ1n) is 11.9. The Morgan fingerprint density at radius 1 is 1.21 bits per heavy atom. The van der Waals surface area contributed by atoms with Crippen molar-refractivity contribution in [1.29, 1.82) is 0 Å². The van der Waals surface area contributed by atoms with Crippen molar-refractivity contribution in [3.05, 3.63) is 47.5 Å². The Morgan fingerprint density at radius 3 is 2.51 bits per heavy atom. The van der Waals surface area contributed by atoms with Crippen molar-refractivity contribution in [2.75, 3.05) is 18.9 Å². The molecule has 206 valence electrons. The van der Waals surface area contributed by atoms with Crippen LogP contribution in [0.2, 0.25) is 5.28 Å². The predicted octanol–water partition coefficient (Wildman–Crippen LogP) is 0.880. The lowest BCUT2D eigenvalue weighted by Gasteiger charge is -2.30. The third-order valence-corrected chi connectivity index (χ3v) is 6.19. The standard InChI is InChI=1S/C25H26ClN5O8/c26-24-29-19(27)18-20(30-24)31(13-28-18)21(17(33)9-8-14-6-7-14)39-16(11-32)12-38-25(22(34)35,23(36)37)10-15-4-2-1-3-5-15/h1-5,13-14,16-17,21,32-33H,6-7,10-12H2,(H,34,35)(H,36,37)(H2,27,29,30)/t16-,17+,21+/m0/s1. The smallest absolute Gasteiger partial charge is 0.348 e. The molecule has 14 heteroatoms. The lowest BCUT2D eigenvalue weighted by Crippen LogP contribution is -2.52. The Labute approximate surface area is 227 Å². The van der Waals surface area contributed by atoms with Crippen molar-refractivity contribution < 1.29 is 39.5 Å². The molecule has 0 saturated heterocycles. The van der Waals surface area contributed by atoms with E-state index in [1.165, 1.54) is 10.9 Å². The third kappa shape index (κ3) is 6.44. The minimum absolute atomic E-state index is 0.0169. The number of nitrogen functional groups attached to an aromatic ring is 1. The second-order valence-electron chi connectivity index (χ2n) is 8.95. The number of aromatic nitrogens is 4. The van der Waals surface area contributed by atoms with E-state index in [0.29, 0.717) is 5.56 Å². The van der Waals surface area contributed by atoms with Gasteiger partial charge in [0.15, 0.2) is 23.8 Å². The topological polar surface area (TPSA) is 203 Å². The molecule has 1 aliphatic rings. The number of carboxylic acid groups (broad SMARTS) is 2. The Balaban J connectivity index is 1.62. The lowest BCUT2D eigenvalue weighted by atomic mass is 9.94. The van der Waals surface area contributed by atoms with Crippen LogP contribution in [0.25, 0.3) is 11.2 Å². The van der Waals surface area contributed by atoms with Gasteiger partial charge in [0.05, 0.1) is 19.5 Å². The Hall–Kier alpha value is -3.80. The van der Waals surface area contributed by atoms with Gasteiger partial charge in [-0.3, -0.25) is 4.57 Å². The molecule has 1 fully saturated rings. The molecular weight excluding hydrogens is 534 g/mol. The zero-order chi connectivity index (χ0) is 28.2. The molecule has 4 rings (SSSR count). The van der Waals surface area contributed by atoms with Gasteiger partial charge in [-0.1, -0.05) is 42.2 Å². The number of aliphatic hydroxyl groups excluding tert-OH is 2. The molecule has 0 radical (unpaired) electrons.